The zero-order valence-electron chi connectivity index (χ0n) is 12.6. The highest BCUT2D eigenvalue weighted by atomic mass is 16.2. The van der Waals surface area contributed by atoms with Crippen LogP contribution in [0.4, 0.5) is 0 Å². The van der Waals surface area contributed by atoms with Gasteiger partial charge in [-0.25, -0.2) is 0 Å². The van der Waals surface area contributed by atoms with Gasteiger partial charge in [0.2, 0.25) is 0 Å². The Morgan fingerprint density at radius 1 is 1.09 bits per heavy atom. The van der Waals surface area contributed by atoms with E-state index < -0.39 is 0 Å². The summed E-state index contributed by atoms with van der Waals surface area (Å²) >= 11 is 0. The van der Waals surface area contributed by atoms with Crippen LogP contribution in [0.5, 0.6) is 0 Å². The molecule has 4 heteroatoms. The Morgan fingerprint density at radius 2 is 1.77 bits per heavy atom. The summed E-state index contributed by atoms with van der Waals surface area (Å²) in [5.74, 6) is 0.0939. The van der Waals surface area contributed by atoms with Crippen molar-refractivity contribution in [3.8, 4) is 11.1 Å². The van der Waals surface area contributed by atoms with Gasteiger partial charge in [0, 0.05) is 37.1 Å². The van der Waals surface area contributed by atoms with Gasteiger partial charge in [-0.2, -0.15) is 0 Å². The number of carbonyl (C=O) groups excluding carboxylic acids is 1. The van der Waals surface area contributed by atoms with E-state index in [0.717, 1.165) is 42.5 Å². The van der Waals surface area contributed by atoms with E-state index in [1.54, 1.807) is 12.4 Å². The minimum Gasteiger partial charge on any atom is -0.334 e. The second kappa shape index (κ2) is 6.71. The fraction of sp³-hybridized carbons (Fsp3) is 0.333. The van der Waals surface area contributed by atoms with E-state index >= 15 is 0 Å². The molecule has 1 atom stereocenters. The number of pyridine rings is 1. The molecule has 2 heterocycles. The molecule has 1 aromatic heterocycles. The fourth-order valence-corrected chi connectivity index (χ4v) is 3.03. The topological polar surface area (TPSA) is 59.2 Å². The molecule has 2 N–H and O–H groups in total. The maximum atomic E-state index is 12.7. The Bertz CT molecular complexity index is 625. The molecule has 1 aliphatic heterocycles. The highest BCUT2D eigenvalue weighted by Crippen LogP contribution is 2.22. The summed E-state index contributed by atoms with van der Waals surface area (Å²) in [6.45, 7) is 1.35. The van der Waals surface area contributed by atoms with Crippen molar-refractivity contribution in [1.82, 2.24) is 9.88 Å². The van der Waals surface area contributed by atoms with Crippen LogP contribution in [0.25, 0.3) is 11.1 Å². The molecule has 0 unspecified atom stereocenters. The van der Waals surface area contributed by atoms with Gasteiger partial charge >= 0.3 is 0 Å². The van der Waals surface area contributed by atoms with Crippen molar-refractivity contribution in [3.63, 3.8) is 0 Å². The largest absolute Gasteiger partial charge is 0.334 e. The molecule has 1 saturated heterocycles. The lowest BCUT2D eigenvalue weighted by atomic mass is 10.00. The molecule has 3 rings (SSSR count). The first-order chi connectivity index (χ1) is 10.8. The molecule has 0 spiro atoms. The summed E-state index contributed by atoms with van der Waals surface area (Å²) in [6.07, 6.45) is 6.78. The average molecular weight is 295 g/mol. The van der Waals surface area contributed by atoms with Crippen molar-refractivity contribution in [3.05, 3.63) is 54.4 Å². The van der Waals surface area contributed by atoms with Crippen LogP contribution in [-0.4, -0.2) is 34.9 Å². The normalized spacial score (nSPS) is 18.2. The predicted octanol–water partition coefficient (Wildman–Crippen LogP) is 2.70. The number of hydrogen-bond acceptors (Lipinski definition) is 3. The van der Waals surface area contributed by atoms with Crippen LogP contribution in [0.2, 0.25) is 0 Å². The Morgan fingerprint density at radius 3 is 2.45 bits per heavy atom. The van der Waals surface area contributed by atoms with Crippen LogP contribution in [0.3, 0.4) is 0 Å². The molecule has 1 amide bonds. The zero-order valence-corrected chi connectivity index (χ0v) is 12.6. The molecule has 0 saturated carbocycles. The molecule has 1 aliphatic rings. The summed E-state index contributed by atoms with van der Waals surface area (Å²) in [4.78, 5) is 18.6. The second-order valence-corrected chi connectivity index (χ2v) is 5.70. The van der Waals surface area contributed by atoms with Crippen molar-refractivity contribution in [2.45, 2.75) is 25.3 Å². The minimum atomic E-state index is 0.0939. The molecular weight excluding hydrogens is 274 g/mol. The number of hydrogen-bond donors (Lipinski definition) is 1. The number of likely N-dealkylation sites (tertiary alicyclic amines) is 1. The van der Waals surface area contributed by atoms with Crippen LogP contribution in [0, 0.1) is 0 Å². The number of aromatic nitrogens is 1. The standard InChI is InChI=1S/C18H21N3O/c19-13-17-3-1-2-12-21(17)18(22)16-6-4-14(5-7-16)15-8-10-20-11-9-15/h4-11,17H,1-3,12-13,19H2/t17-/m0/s1. The number of benzene rings is 1. The Kier molecular flexibility index (Phi) is 4.49. The predicted molar refractivity (Wildman–Crippen MR) is 87.4 cm³/mol. The van der Waals surface area contributed by atoms with E-state index in [1.165, 1.54) is 0 Å². The molecule has 1 aromatic carbocycles. The minimum absolute atomic E-state index is 0.0939. The third kappa shape index (κ3) is 3.02. The van der Waals surface area contributed by atoms with Crippen molar-refractivity contribution < 1.29 is 4.79 Å². The van der Waals surface area contributed by atoms with E-state index in [4.69, 9.17) is 5.73 Å². The van der Waals surface area contributed by atoms with Gasteiger partial charge in [0.1, 0.15) is 0 Å². The first-order valence-corrected chi connectivity index (χ1v) is 7.81. The number of nitrogens with two attached hydrogens (primary N) is 1. The van der Waals surface area contributed by atoms with Gasteiger partial charge in [0.25, 0.3) is 5.91 Å². The lowest BCUT2D eigenvalue weighted by Crippen LogP contribution is -2.47. The summed E-state index contributed by atoms with van der Waals surface area (Å²) in [7, 11) is 0. The highest BCUT2D eigenvalue weighted by molar-refractivity contribution is 5.95. The monoisotopic (exact) mass is 295 g/mol. The number of nitrogens with zero attached hydrogens (tertiary/aromatic N) is 2. The van der Waals surface area contributed by atoms with Crippen LogP contribution in [-0.2, 0) is 0 Å². The molecule has 0 bridgehead atoms. The number of piperidine rings is 1. The van der Waals surface area contributed by atoms with Crippen molar-refractivity contribution >= 4 is 5.91 Å². The van der Waals surface area contributed by atoms with Gasteiger partial charge in [-0.3, -0.25) is 9.78 Å². The molecule has 0 aliphatic carbocycles. The van der Waals surface area contributed by atoms with Crippen LogP contribution in [0.1, 0.15) is 29.6 Å². The molecule has 114 valence electrons. The molecular formula is C18H21N3O. The van der Waals surface area contributed by atoms with Gasteiger partial charge in [0.15, 0.2) is 0 Å². The fourth-order valence-electron chi connectivity index (χ4n) is 3.03. The van der Waals surface area contributed by atoms with Crippen LogP contribution >= 0.6 is 0 Å². The number of amides is 1. The summed E-state index contributed by atoms with van der Waals surface area (Å²) in [6, 6.07) is 11.9. The number of carbonyl (C=O) groups is 1. The van der Waals surface area contributed by atoms with Gasteiger partial charge < -0.3 is 10.6 Å². The van der Waals surface area contributed by atoms with Crippen molar-refractivity contribution in [2.24, 2.45) is 5.73 Å². The van der Waals surface area contributed by atoms with Crippen LogP contribution in [0.15, 0.2) is 48.8 Å². The first-order valence-electron chi connectivity index (χ1n) is 7.81. The van der Waals surface area contributed by atoms with Gasteiger partial charge in [-0.05, 0) is 54.7 Å². The van der Waals surface area contributed by atoms with E-state index in [2.05, 4.69) is 4.98 Å². The van der Waals surface area contributed by atoms with E-state index in [0.29, 0.717) is 6.54 Å². The maximum absolute atomic E-state index is 12.7. The summed E-state index contributed by atoms with van der Waals surface area (Å²) in [5.41, 5.74) is 8.74. The molecule has 2 aromatic rings. The Hall–Kier alpha value is -2.20. The average Bonchev–Trinajstić information content (AvgIpc) is 2.62. The van der Waals surface area contributed by atoms with E-state index in [1.807, 2.05) is 41.3 Å². The van der Waals surface area contributed by atoms with E-state index in [9.17, 15) is 4.79 Å². The molecule has 1 fully saturated rings. The molecule has 4 nitrogen and oxygen atoms in total. The molecule has 0 radical (unpaired) electrons. The zero-order chi connectivity index (χ0) is 15.4. The lowest BCUT2D eigenvalue weighted by molar-refractivity contribution is 0.0623. The van der Waals surface area contributed by atoms with E-state index in [-0.39, 0.29) is 11.9 Å². The van der Waals surface area contributed by atoms with Gasteiger partial charge in [-0.1, -0.05) is 12.1 Å². The van der Waals surface area contributed by atoms with Crippen LogP contribution < -0.4 is 5.73 Å². The SMILES string of the molecule is NC[C@@H]1CCCCN1C(=O)c1ccc(-c2ccncc2)cc1. The summed E-state index contributed by atoms with van der Waals surface area (Å²) in [5, 5.41) is 0. The van der Waals surface area contributed by atoms with Crippen molar-refractivity contribution in [2.75, 3.05) is 13.1 Å². The summed E-state index contributed by atoms with van der Waals surface area (Å²) < 4.78 is 0. The van der Waals surface area contributed by atoms with Gasteiger partial charge in [0.05, 0.1) is 0 Å². The first kappa shape index (κ1) is 14.7. The highest BCUT2D eigenvalue weighted by Gasteiger charge is 2.26. The third-order valence-corrected chi connectivity index (χ3v) is 4.31. The number of rotatable bonds is 3. The second-order valence-electron chi connectivity index (χ2n) is 5.70. The molecule has 22 heavy (non-hydrogen) atoms. The quantitative estimate of drug-likeness (QED) is 0.947. The Labute approximate surface area is 131 Å². The maximum Gasteiger partial charge on any atom is 0.254 e. The third-order valence-electron chi connectivity index (χ3n) is 4.31. The van der Waals surface area contributed by atoms with Crippen molar-refractivity contribution in [1.29, 1.82) is 0 Å². The lowest BCUT2D eigenvalue weighted by Gasteiger charge is -2.35. The Balaban J connectivity index is 1.79. The van der Waals surface area contributed by atoms with Gasteiger partial charge in [-0.15, -0.1) is 0 Å². The smallest absolute Gasteiger partial charge is 0.254 e.